The van der Waals surface area contributed by atoms with Crippen LogP contribution in [-0.4, -0.2) is 50.0 Å². The van der Waals surface area contributed by atoms with Gasteiger partial charge in [0, 0.05) is 24.0 Å². The summed E-state index contributed by atoms with van der Waals surface area (Å²) in [7, 11) is -3.84. The molecule has 42 heavy (non-hydrogen) atoms. The highest BCUT2D eigenvalue weighted by Gasteiger charge is 2.33. The molecule has 0 spiro atoms. The minimum Gasteiger partial charge on any atom is -0.352 e. The largest absolute Gasteiger partial charge is 0.352 e. The molecule has 3 rings (SSSR count). The maximum atomic E-state index is 14.2. The van der Waals surface area contributed by atoms with Crippen molar-refractivity contribution in [2.45, 2.75) is 71.5 Å². The lowest BCUT2D eigenvalue weighted by atomic mass is 9.87. The molecular formula is C33H42ClN3O4S. The Bertz CT molecular complexity index is 1450. The van der Waals surface area contributed by atoms with Gasteiger partial charge in [-0.05, 0) is 59.7 Å². The summed E-state index contributed by atoms with van der Waals surface area (Å²) < 4.78 is 27.1. The Kier molecular flexibility index (Phi) is 11.2. The summed E-state index contributed by atoms with van der Waals surface area (Å²) in [5, 5.41) is 3.53. The van der Waals surface area contributed by atoms with E-state index < -0.39 is 28.5 Å². The van der Waals surface area contributed by atoms with E-state index in [0.717, 1.165) is 33.7 Å². The number of hydrogen-bond donors (Lipinski definition) is 1. The number of anilines is 1. The summed E-state index contributed by atoms with van der Waals surface area (Å²) in [5.74, 6) is -0.801. The van der Waals surface area contributed by atoms with Gasteiger partial charge >= 0.3 is 0 Å². The fourth-order valence-corrected chi connectivity index (χ4v) is 5.63. The van der Waals surface area contributed by atoms with Crippen LogP contribution in [0.25, 0.3) is 0 Å². The van der Waals surface area contributed by atoms with E-state index in [1.165, 1.54) is 4.90 Å². The lowest BCUT2D eigenvalue weighted by molar-refractivity contribution is -0.140. The third-order valence-corrected chi connectivity index (χ3v) is 8.59. The second-order valence-electron chi connectivity index (χ2n) is 11.7. The standard InChI is InChI=1S/C33H42ClN3O4S/c1-7-24(2)35-32(39)30(21-25-12-9-8-10-13-25)36(22-26-14-11-15-28(34)20-26)31(38)23-37(42(6,40)41)29-18-16-27(17-19-29)33(3,4)5/h8-20,24,30H,7,21-23H2,1-6H3,(H,35,39). The summed E-state index contributed by atoms with van der Waals surface area (Å²) >= 11 is 6.27. The molecule has 0 aliphatic heterocycles. The van der Waals surface area contributed by atoms with Crippen molar-refractivity contribution in [1.82, 2.24) is 10.2 Å². The number of nitrogens with zero attached hydrogens (tertiary/aromatic N) is 2. The van der Waals surface area contributed by atoms with Crippen LogP contribution in [-0.2, 0) is 38.0 Å². The molecule has 9 heteroatoms. The summed E-state index contributed by atoms with van der Waals surface area (Å²) in [6.45, 7) is 9.72. The number of halogens is 1. The molecule has 0 heterocycles. The molecule has 2 amide bonds. The lowest BCUT2D eigenvalue weighted by Gasteiger charge is -2.34. The van der Waals surface area contributed by atoms with E-state index in [9.17, 15) is 18.0 Å². The van der Waals surface area contributed by atoms with E-state index in [4.69, 9.17) is 11.6 Å². The number of amides is 2. The number of sulfonamides is 1. The molecule has 0 aromatic heterocycles. The van der Waals surface area contributed by atoms with Crippen molar-refractivity contribution >= 4 is 39.1 Å². The summed E-state index contributed by atoms with van der Waals surface area (Å²) in [6.07, 6.45) is 2.06. The molecule has 0 aliphatic carbocycles. The number of nitrogens with one attached hydrogen (secondary N) is 1. The van der Waals surface area contributed by atoms with Gasteiger partial charge in [0.15, 0.2) is 0 Å². The first-order valence-electron chi connectivity index (χ1n) is 14.2. The fourth-order valence-electron chi connectivity index (χ4n) is 4.57. The first-order valence-corrected chi connectivity index (χ1v) is 16.4. The fraction of sp³-hybridized carbons (Fsp3) is 0.394. The Morgan fingerprint density at radius 2 is 1.55 bits per heavy atom. The SMILES string of the molecule is CCC(C)NC(=O)C(Cc1ccccc1)N(Cc1cccc(Cl)c1)C(=O)CN(c1ccc(C(C)(C)C)cc1)S(C)(=O)=O. The van der Waals surface area contributed by atoms with E-state index in [0.29, 0.717) is 10.7 Å². The van der Waals surface area contributed by atoms with Crippen LogP contribution >= 0.6 is 11.6 Å². The third kappa shape index (κ3) is 9.33. The average molecular weight is 612 g/mol. The van der Waals surface area contributed by atoms with Gasteiger partial charge in [-0.1, -0.05) is 93.9 Å². The Hall–Kier alpha value is -3.36. The van der Waals surface area contributed by atoms with Crippen LogP contribution in [0.15, 0.2) is 78.9 Å². The van der Waals surface area contributed by atoms with Crippen LogP contribution in [0.1, 0.15) is 57.7 Å². The molecule has 7 nitrogen and oxygen atoms in total. The smallest absolute Gasteiger partial charge is 0.244 e. The molecule has 1 N–H and O–H groups in total. The predicted octanol–water partition coefficient (Wildman–Crippen LogP) is 5.96. The molecule has 0 saturated carbocycles. The Balaban J connectivity index is 2.06. The molecule has 2 atom stereocenters. The zero-order valence-electron chi connectivity index (χ0n) is 25.3. The van der Waals surface area contributed by atoms with E-state index >= 15 is 0 Å². The van der Waals surface area contributed by atoms with Gasteiger partial charge in [-0.3, -0.25) is 13.9 Å². The van der Waals surface area contributed by atoms with Crippen molar-refractivity contribution in [3.63, 3.8) is 0 Å². The van der Waals surface area contributed by atoms with Gasteiger partial charge in [0.2, 0.25) is 21.8 Å². The Labute approximate surface area is 255 Å². The maximum absolute atomic E-state index is 14.2. The van der Waals surface area contributed by atoms with Gasteiger partial charge in [-0.2, -0.15) is 0 Å². The topological polar surface area (TPSA) is 86.8 Å². The van der Waals surface area contributed by atoms with Crippen LogP contribution in [0.4, 0.5) is 5.69 Å². The van der Waals surface area contributed by atoms with E-state index in [1.54, 1.807) is 30.3 Å². The minimum absolute atomic E-state index is 0.0748. The zero-order chi connectivity index (χ0) is 31.1. The van der Waals surface area contributed by atoms with Gasteiger partial charge in [-0.15, -0.1) is 0 Å². The number of hydrogen-bond acceptors (Lipinski definition) is 4. The van der Waals surface area contributed by atoms with Crippen LogP contribution in [0.5, 0.6) is 0 Å². The van der Waals surface area contributed by atoms with E-state index in [1.807, 2.05) is 62.4 Å². The summed E-state index contributed by atoms with van der Waals surface area (Å²) in [6, 6.07) is 22.8. The molecule has 0 aliphatic rings. The van der Waals surface area contributed by atoms with Gasteiger partial charge < -0.3 is 10.2 Å². The zero-order valence-corrected chi connectivity index (χ0v) is 26.9. The Morgan fingerprint density at radius 1 is 0.929 bits per heavy atom. The number of carbonyl (C=O) groups is 2. The lowest BCUT2D eigenvalue weighted by Crippen LogP contribution is -2.54. The number of carbonyl (C=O) groups excluding carboxylic acids is 2. The normalized spacial score (nSPS) is 13.2. The maximum Gasteiger partial charge on any atom is 0.244 e. The first-order chi connectivity index (χ1) is 19.7. The molecule has 226 valence electrons. The second kappa shape index (κ2) is 14.2. The molecule has 3 aromatic rings. The minimum atomic E-state index is -3.84. The highest BCUT2D eigenvalue weighted by molar-refractivity contribution is 7.92. The first kappa shape index (κ1) is 33.1. The molecule has 2 unspecified atom stereocenters. The van der Waals surface area contributed by atoms with Gasteiger partial charge in [0.1, 0.15) is 12.6 Å². The van der Waals surface area contributed by atoms with Crippen molar-refractivity contribution in [2.75, 3.05) is 17.1 Å². The van der Waals surface area contributed by atoms with Crippen LogP contribution in [0, 0.1) is 0 Å². The van der Waals surface area contributed by atoms with Crippen molar-refractivity contribution in [1.29, 1.82) is 0 Å². The predicted molar refractivity (Wildman–Crippen MR) is 171 cm³/mol. The van der Waals surface area contributed by atoms with Crippen molar-refractivity contribution in [3.8, 4) is 0 Å². The highest BCUT2D eigenvalue weighted by atomic mass is 35.5. The molecule has 0 fully saturated rings. The summed E-state index contributed by atoms with van der Waals surface area (Å²) in [5.41, 5.74) is 2.91. The number of benzene rings is 3. The number of rotatable bonds is 12. The second-order valence-corrected chi connectivity index (χ2v) is 14.1. The van der Waals surface area contributed by atoms with Crippen molar-refractivity contribution in [2.24, 2.45) is 0 Å². The monoisotopic (exact) mass is 611 g/mol. The van der Waals surface area contributed by atoms with Crippen LogP contribution < -0.4 is 9.62 Å². The molecule has 3 aromatic carbocycles. The van der Waals surface area contributed by atoms with Crippen molar-refractivity contribution < 1.29 is 18.0 Å². The average Bonchev–Trinajstić information content (AvgIpc) is 2.93. The quantitative estimate of drug-likeness (QED) is 0.274. The Morgan fingerprint density at radius 3 is 2.10 bits per heavy atom. The molecule has 0 bridgehead atoms. The highest BCUT2D eigenvalue weighted by Crippen LogP contribution is 2.26. The molecule has 0 radical (unpaired) electrons. The molecule has 0 saturated heterocycles. The van der Waals surface area contributed by atoms with Crippen molar-refractivity contribution in [3.05, 3.63) is 101 Å². The molecular weight excluding hydrogens is 570 g/mol. The third-order valence-electron chi connectivity index (χ3n) is 7.21. The van der Waals surface area contributed by atoms with E-state index in [-0.39, 0.29) is 30.3 Å². The van der Waals surface area contributed by atoms with E-state index in [2.05, 4.69) is 26.1 Å². The van der Waals surface area contributed by atoms with Gasteiger partial charge in [-0.25, -0.2) is 8.42 Å². The van der Waals surface area contributed by atoms with Crippen LogP contribution in [0.2, 0.25) is 5.02 Å². The summed E-state index contributed by atoms with van der Waals surface area (Å²) in [4.78, 5) is 29.4. The van der Waals surface area contributed by atoms with Gasteiger partial charge in [0.25, 0.3) is 0 Å². The van der Waals surface area contributed by atoms with Gasteiger partial charge in [0.05, 0.1) is 11.9 Å². The van der Waals surface area contributed by atoms with Crippen LogP contribution in [0.3, 0.4) is 0 Å².